The normalized spacial score (nSPS) is 20.5. The van der Waals surface area contributed by atoms with E-state index < -0.39 is 0 Å². The number of pyridine rings is 1. The van der Waals surface area contributed by atoms with Gasteiger partial charge in [-0.05, 0) is 103 Å². The third kappa shape index (κ3) is 7.48. The van der Waals surface area contributed by atoms with E-state index in [1.54, 1.807) is 21.5 Å². The molecule has 4 aliphatic rings. The fourth-order valence-electron chi connectivity index (χ4n) is 8.60. The van der Waals surface area contributed by atoms with E-state index in [9.17, 15) is 9.59 Å². The lowest BCUT2D eigenvalue weighted by atomic mass is 9.93. The Morgan fingerprint density at radius 3 is 1.89 bits per heavy atom. The summed E-state index contributed by atoms with van der Waals surface area (Å²) in [6, 6.07) is 12.4. The molecule has 0 radical (unpaired) electrons. The Balaban J connectivity index is 1.30. The quantitative estimate of drug-likeness (QED) is 0.177. The van der Waals surface area contributed by atoms with Gasteiger partial charge in [0, 0.05) is 42.2 Å². The van der Waals surface area contributed by atoms with Crippen molar-refractivity contribution in [3.63, 3.8) is 0 Å². The molecule has 0 amide bonds. The second kappa shape index (κ2) is 16.5. The summed E-state index contributed by atoms with van der Waals surface area (Å²) in [6.45, 7) is 11.3. The summed E-state index contributed by atoms with van der Waals surface area (Å²) in [5, 5.41) is 12.5. The maximum absolute atomic E-state index is 14.7. The van der Waals surface area contributed by atoms with Crippen LogP contribution in [0.5, 0.6) is 6.01 Å². The van der Waals surface area contributed by atoms with Gasteiger partial charge in [-0.1, -0.05) is 55.4 Å². The van der Waals surface area contributed by atoms with Gasteiger partial charge in [0.25, 0.3) is 11.1 Å². The van der Waals surface area contributed by atoms with Gasteiger partial charge >= 0.3 is 6.01 Å². The number of hydrazine groups is 1. The molecule has 4 aromatic rings. The van der Waals surface area contributed by atoms with E-state index in [1.807, 2.05) is 24.3 Å². The van der Waals surface area contributed by atoms with E-state index >= 15 is 0 Å². The molecule has 0 spiro atoms. The predicted molar refractivity (Wildman–Crippen MR) is 222 cm³/mol. The van der Waals surface area contributed by atoms with E-state index in [1.165, 1.54) is 11.8 Å². The fraction of sp³-hybridized carbons (Fsp3) is 0.537. The van der Waals surface area contributed by atoms with Crippen LogP contribution in [0, 0.1) is 18.8 Å². The molecule has 2 saturated heterocycles. The molecule has 1 aromatic carbocycles. The zero-order valence-electron chi connectivity index (χ0n) is 33.3. The van der Waals surface area contributed by atoms with Crippen LogP contribution in [-0.4, -0.2) is 86.5 Å². The minimum absolute atomic E-state index is 0.0921. The maximum Gasteiger partial charge on any atom is 0.301 e. The number of ether oxygens (including phenoxy) is 1. The molecule has 2 fully saturated rings. The molecule has 3 aromatic heterocycles. The summed E-state index contributed by atoms with van der Waals surface area (Å²) in [4.78, 5) is 50.0. The van der Waals surface area contributed by atoms with Crippen LogP contribution in [-0.2, 0) is 19.7 Å². The van der Waals surface area contributed by atoms with Gasteiger partial charge in [0.1, 0.15) is 30.3 Å². The van der Waals surface area contributed by atoms with E-state index in [2.05, 4.69) is 82.4 Å². The van der Waals surface area contributed by atoms with E-state index in [4.69, 9.17) is 14.7 Å². The largest absolute Gasteiger partial charge is 0.460 e. The summed E-state index contributed by atoms with van der Waals surface area (Å²) in [5.41, 5.74) is 2.86. The molecule has 0 bridgehead atoms. The summed E-state index contributed by atoms with van der Waals surface area (Å²) in [5.74, 6) is 1.48. The molecule has 56 heavy (non-hydrogen) atoms. The first-order valence-corrected chi connectivity index (χ1v) is 21.1. The topological polar surface area (TPSA) is 129 Å². The molecule has 298 valence electrons. The van der Waals surface area contributed by atoms with Crippen molar-refractivity contribution in [2.75, 3.05) is 60.9 Å². The minimum Gasteiger partial charge on any atom is -0.460 e. The van der Waals surface area contributed by atoms with Gasteiger partial charge < -0.3 is 25.2 Å². The van der Waals surface area contributed by atoms with E-state index in [0.717, 1.165) is 80.7 Å². The lowest BCUT2D eigenvalue weighted by molar-refractivity contribution is 0.189. The molecule has 2 N–H and O–H groups in total. The number of piperidine rings is 2. The van der Waals surface area contributed by atoms with Crippen LogP contribution >= 0.6 is 11.8 Å². The zero-order valence-corrected chi connectivity index (χ0v) is 34.1. The number of benzene rings is 1. The number of nitrogens with one attached hydrogen (secondary N) is 2. The SMILES string of the molecule is CCCn1c(OCc2cccc(C)c2)nc2c(c1=O)NC(C1CCN(C)CC1)N2N1c2nc(Sc3ccncc3)n(CCC)c(=O)c2NC1C1CCN(C)CC1. The number of likely N-dealkylation sites (tertiary alicyclic amines) is 2. The predicted octanol–water partition coefficient (Wildman–Crippen LogP) is 5.47. The average Bonchev–Trinajstić information content (AvgIpc) is 3.76. The first-order valence-electron chi connectivity index (χ1n) is 20.3. The number of rotatable bonds is 12. The van der Waals surface area contributed by atoms with Gasteiger partial charge in [-0.25, -0.2) is 15.0 Å². The van der Waals surface area contributed by atoms with Crippen LogP contribution in [0.4, 0.5) is 23.0 Å². The zero-order chi connectivity index (χ0) is 38.9. The standard InChI is InChI=1S/C41H55N11O3S/c1-6-19-49-38(53)32-36(45-40(49)55-26-28-10-8-9-27(3)25-28)51(34(43-32)29-13-21-47(4)22-14-29)52-35(30-15-23-48(5)24-16-30)44-33-37(52)46-41(50(20-7-2)39(33)54)56-31-11-17-42-18-12-31/h8-12,17-18,25,29-30,34-35,43-44H,6-7,13-16,19-24,26H2,1-5H3. The van der Waals surface area contributed by atoms with Crippen LogP contribution in [0.15, 0.2) is 68.4 Å². The first-order chi connectivity index (χ1) is 27.2. The molecular formula is C41H55N11O3S. The molecule has 8 rings (SSSR count). The summed E-state index contributed by atoms with van der Waals surface area (Å²) < 4.78 is 9.96. The van der Waals surface area contributed by atoms with Crippen molar-refractivity contribution in [3.8, 4) is 6.01 Å². The molecule has 0 aliphatic carbocycles. The highest BCUT2D eigenvalue weighted by Gasteiger charge is 2.50. The summed E-state index contributed by atoms with van der Waals surface area (Å²) in [7, 11) is 4.33. The summed E-state index contributed by atoms with van der Waals surface area (Å²) in [6.07, 6.45) is 8.26. The van der Waals surface area contributed by atoms with Crippen LogP contribution in [0.2, 0.25) is 0 Å². The number of nitrogens with zero attached hydrogens (tertiary/aromatic N) is 9. The van der Waals surface area contributed by atoms with E-state index in [-0.39, 0.29) is 47.9 Å². The van der Waals surface area contributed by atoms with Gasteiger partial charge in [0.15, 0.2) is 16.8 Å². The second-order valence-electron chi connectivity index (χ2n) is 15.8. The summed E-state index contributed by atoms with van der Waals surface area (Å²) >= 11 is 1.47. The Kier molecular flexibility index (Phi) is 11.3. The highest BCUT2D eigenvalue weighted by atomic mass is 32.2. The van der Waals surface area contributed by atoms with Crippen molar-refractivity contribution in [3.05, 3.63) is 80.6 Å². The number of aryl methyl sites for hydroxylation is 1. The van der Waals surface area contributed by atoms with Crippen molar-refractivity contribution < 1.29 is 4.74 Å². The lowest BCUT2D eigenvalue weighted by Gasteiger charge is -2.45. The van der Waals surface area contributed by atoms with Crippen molar-refractivity contribution in [1.29, 1.82) is 0 Å². The van der Waals surface area contributed by atoms with Gasteiger partial charge in [-0.3, -0.25) is 23.7 Å². The second-order valence-corrected chi connectivity index (χ2v) is 16.9. The van der Waals surface area contributed by atoms with Crippen molar-refractivity contribution in [2.24, 2.45) is 11.8 Å². The Hall–Kier alpha value is -4.60. The highest BCUT2D eigenvalue weighted by molar-refractivity contribution is 7.99. The monoisotopic (exact) mass is 781 g/mol. The van der Waals surface area contributed by atoms with Crippen molar-refractivity contribution >= 4 is 34.8 Å². The Labute approximate surface area is 333 Å². The lowest BCUT2D eigenvalue weighted by Crippen LogP contribution is -2.60. The van der Waals surface area contributed by atoms with Crippen LogP contribution in [0.25, 0.3) is 0 Å². The number of hydrogen-bond acceptors (Lipinski definition) is 13. The molecular weight excluding hydrogens is 727 g/mol. The highest BCUT2D eigenvalue weighted by Crippen LogP contribution is 2.46. The molecule has 2 unspecified atom stereocenters. The van der Waals surface area contributed by atoms with E-state index in [0.29, 0.717) is 41.3 Å². The first kappa shape index (κ1) is 38.3. The van der Waals surface area contributed by atoms with Gasteiger partial charge in [0.2, 0.25) is 0 Å². The molecule has 14 nitrogen and oxygen atoms in total. The maximum atomic E-state index is 14.7. The number of anilines is 4. The fourth-order valence-corrected chi connectivity index (χ4v) is 9.49. The third-order valence-electron chi connectivity index (χ3n) is 11.6. The van der Waals surface area contributed by atoms with Gasteiger partial charge in [-0.2, -0.15) is 4.98 Å². The van der Waals surface area contributed by atoms with Crippen LogP contribution in [0.3, 0.4) is 0 Å². The third-order valence-corrected chi connectivity index (χ3v) is 12.6. The molecule has 2 atom stereocenters. The van der Waals surface area contributed by atoms with Crippen molar-refractivity contribution in [2.45, 2.75) is 101 Å². The van der Waals surface area contributed by atoms with Crippen LogP contribution < -0.4 is 36.5 Å². The van der Waals surface area contributed by atoms with Crippen molar-refractivity contribution in [1.82, 2.24) is 33.9 Å². The Bertz CT molecular complexity index is 2130. The smallest absolute Gasteiger partial charge is 0.301 e. The van der Waals surface area contributed by atoms with Crippen LogP contribution in [0.1, 0.15) is 63.5 Å². The average molecular weight is 782 g/mol. The Morgan fingerprint density at radius 2 is 1.32 bits per heavy atom. The number of aromatic nitrogens is 5. The molecule has 7 heterocycles. The Morgan fingerprint density at radius 1 is 0.768 bits per heavy atom. The number of fused-ring (bicyclic) bond motifs is 2. The van der Waals surface area contributed by atoms with Gasteiger partial charge in [-0.15, -0.1) is 0 Å². The minimum atomic E-state index is -0.293. The number of hydrogen-bond donors (Lipinski definition) is 2. The molecule has 0 saturated carbocycles. The van der Waals surface area contributed by atoms with Gasteiger partial charge in [0.05, 0.1) is 0 Å². The molecule has 15 heteroatoms. The molecule has 4 aliphatic heterocycles.